The Bertz CT molecular complexity index is 974. The molecule has 0 spiro atoms. The van der Waals surface area contributed by atoms with E-state index in [2.05, 4.69) is 10.3 Å². The van der Waals surface area contributed by atoms with Gasteiger partial charge in [-0.05, 0) is 35.9 Å². The fraction of sp³-hybridized carbons (Fsp3) is 0.273. The lowest BCUT2D eigenvalue weighted by molar-refractivity contribution is -0.121. The summed E-state index contributed by atoms with van der Waals surface area (Å²) >= 11 is 12.1. The quantitative estimate of drug-likeness (QED) is 0.445. The van der Waals surface area contributed by atoms with Gasteiger partial charge in [-0.2, -0.15) is 0 Å². The third kappa shape index (κ3) is 6.49. The van der Waals surface area contributed by atoms with Gasteiger partial charge in [0, 0.05) is 37.1 Å². The van der Waals surface area contributed by atoms with Gasteiger partial charge in [-0.15, -0.1) is 0 Å². The number of hydrogen-bond acceptors (Lipinski definition) is 5. The lowest BCUT2D eigenvalue weighted by Gasteiger charge is -2.08. The van der Waals surface area contributed by atoms with Crippen molar-refractivity contribution in [1.29, 1.82) is 0 Å². The number of nitrogens with one attached hydrogen (secondary N) is 1. The first-order valence-corrected chi connectivity index (χ1v) is 10.2. The van der Waals surface area contributed by atoms with E-state index >= 15 is 0 Å². The molecule has 0 radical (unpaired) electrons. The Morgan fingerprint density at radius 1 is 1.13 bits per heavy atom. The maximum Gasteiger partial charge on any atom is 0.220 e. The summed E-state index contributed by atoms with van der Waals surface area (Å²) in [4.78, 5) is 16.4. The van der Waals surface area contributed by atoms with Gasteiger partial charge in [0.05, 0.1) is 17.8 Å². The second kappa shape index (κ2) is 11.0. The second-order valence-corrected chi connectivity index (χ2v) is 7.35. The highest BCUT2D eigenvalue weighted by atomic mass is 35.5. The number of benzene rings is 2. The summed E-state index contributed by atoms with van der Waals surface area (Å²) in [6, 6.07) is 12.7. The summed E-state index contributed by atoms with van der Waals surface area (Å²) in [5.74, 6) is 1.70. The summed E-state index contributed by atoms with van der Waals surface area (Å²) in [5, 5.41) is 3.92. The van der Waals surface area contributed by atoms with Crippen LogP contribution in [0.4, 0.5) is 0 Å². The van der Waals surface area contributed by atoms with Gasteiger partial charge in [0.2, 0.25) is 5.91 Å². The van der Waals surface area contributed by atoms with Crippen LogP contribution >= 0.6 is 23.2 Å². The van der Waals surface area contributed by atoms with Gasteiger partial charge in [0.15, 0.2) is 11.7 Å². The van der Waals surface area contributed by atoms with Crippen LogP contribution in [0.3, 0.4) is 0 Å². The summed E-state index contributed by atoms with van der Waals surface area (Å²) in [6.07, 6.45) is 2.26. The van der Waals surface area contributed by atoms with Crippen molar-refractivity contribution in [2.24, 2.45) is 0 Å². The molecule has 0 atom stereocenters. The Labute approximate surface area is 185 Å². The van der Waals surface area contributed by atoms with E-state index in [0.29, 0.717) is 53.4 Å². The summed E-state index contributed by atoms with van der Waals surface area (Å²) in [5.41, 5.74) is 1.69. The Hall–Kier alpha value is -2.54. The molecule has 0 bridgehead atoms. The molecule has 1 amide bonds. The van der Waals surface area contributed by atoms with Gasteiger partial charge in [-0.1, -0.05) is 35.3 Å². The number of ether oxygens (including phenoxy) is 2. The molecule has 6 nitrogen and oxygen atoms in total. The molecule has 0 saturated carbocycles. The van der Waals surface area contributed by atoms with Crippen LogP contribution < -0.4 is 10.1 Å². The number of carbonyl (C=O) groups is 1. The Kier molecular flexibility index (Phi) is 8.13. The monoisotopic (exact) mass is 448 g/mol. The van der Waals surface area contributed by atoms with E-state index in [-0.39, 0.29) is 12.3 Å². The maximum absolute atomic E-state index is 12.1. The summed E-state index contributed by atoms with van der Waals surface area (Å²) in [7, 11) is 1.63. The van der Waals surface area contributed by atoms with Crippen molar-refractivity contribution in [1.82, 2.24) is 10.3 Å². The highest BCUT2D eigenvalue weighted by Crippen LogP contribution is 2.30. The number of methoxy groups -OCH3 is 1. The number of hydrogen-bond donors (Lipinski definition) is 1. The van der Waals surface area contributed by atoms with Crippen LogP contribution in [0.15, 0.2) is 53.1 Å². The topological polar surface area (TPSA) is 73.6 Å². The average Bonchev–Trinajstić information content (AvgIpc) is 3.20. The predicted molar refractivity (Wildman–Crippen MR) is 116 cm³/mol. The van der Waals surface area contributed by atoms with Crippen LogP contribution in [0.25, 0.3) is 11.3 Å². The van der Waals surface area contributed by atoms with Gasteiger partial charge in [0.1, 0.15) is 12.4 Å². The van der Waals surface area contributed by atoms with Crippen LogP contribution in [0.5, 0.6) is 5.75 Å². The normalized spacial score (nSPS) is 10.8. The van der Waals surface area contributed by atoms with E-state index in [1.54, 1.807) is 31.5 Å². The molecule has 3 aromatic rings. The minimum absolute atomic E-state index is 0.0836. The fourth-order valence-electron chi connectivity index (χ4n) is 2.70. The SMILES string of the molecule is COCCOc1ccc(CNC(=O)CCc2ncc(-c3ccc(Cl)cc3Cl)o2)cc1. The van der Waals surface area contributed by atoms with Crippen LogP contribution in [0.2, 0.25) is 10.0 Å². The number of oxazole rings is 1. The van der Waals surface area contributed by atoms with Crippen LogP contribution in [0, 0.1) is 0 Å². The molecule has 1 N–H and O–H groups in total. The number of rotatable bonds is 10. The Morgan fingerprint density at radius 2 is 1.93 bits per heavy atom. The molecule has 3 rings (SSSR count). The van der Waals surface area contributed by atoms with Crippen LogP contribution in [0.1, 0.15) is 17.9 Å². The van der Waals surface area contributed by atoms with E-state index in [1.165, 1.54) is 0 Å². The lowest BCUT2D eigenvalue weighted by Crippen LogP contribution is -2.23. The third-order valence-electron chi connectivity index (χ3n) is 4.29. The molecule has 1 heterocycles. The first kappa shape index (κ1) is 22.2. The average molecular weight is 449 g/mol. The van der Waals surface area contributed by atoms with Gasteiger partial charge in [-0.3, -0.25) is 4.79 Å². The van der Waals surface area contributed by atoms with Crippen molar-refractivity contribution in [3.63, 3.8) is 0 Å². The Balaban J connectivity index is 1.44. The van der Waals surface area contributed by atoms with E-state index in [1.807, 2.05) is 24.3 Å². The molecule has 0 aliphatic rings. The molecule has 0 saturated heterocycles. The lowest BCUT2D eigenvalue weighted by atomic mass is 10.2. The van der Waals surface area contributed by atoms with E-state index in [0.717, 1.165) is 11.3 Å². The molecule has 30 heavy (non-hydrogen) atoms. The molecule has 0 fully saturated rings. The zero-order chi connectivity index (χ0) is 21.3. The first-order valence-electron chi connectivity index (χ1n) is 9.42. The molecule has 0 aliphatic heterocycles. The molecule has 1 aromatic heterocycles. The van der Waals surface area contributed by atoms with Crippen molar-refractivity contribution in [2.45, 2.75) is 19.4 Å². The largest absolute Gasteiger partial charge is 0.491 e. The molecular weight excluding hydrogens is 427 g/mol. The predicted octanol–water partition coefficient (Wildman–Crippen LogP) is 4.92. The number of halogens is 2. The van der Waals surface area contributed by atoms with Gasteiger partial charge in [0.25, 0.3) is 0 Å². The van der Waals surface area contributed by atoms with Gasteiger partial charge in [-0.25, -0.2) is 4.98 Å². The zero-order valence-corrected chi connectivity index (χ0v) is 18.0. The molecule has 0 unspecified atom stereocenters. The van der Waals surface area contributed by atoms with E-state index in [9.17, 15) is 4.79 Å². The van der Waals surface area contributed by atoms with Crippen LogP contribution in [-0.2, 0) is 22.5 Å². The van der Waals surface area contributed by atoms with Gasteiger partial charge < -0.3 is 19.2 Å². The standard InChI is InChI=1S/C22H22Cl2N2O4/c1-28-10-11-29-17-5-2-15(3-6-17)13-25-21(27)8-9-22-26-14-20(30-22)18-7-4-16(23)12-19(18)24/h2-7,12,14H,8-11,13H2,1H3,(H,25,27). The summed E-state index contributed by atoms with van der Waals surface area (Å²) in [6.45, 7) is 1.48. The van der Waals surface area contributed by atoms with Gasteiger partial charge >= 0.3 is 0 Å². The number of amides is 1. The van der Waals surface area contributed by atoms with Crippen LogP contribution in [-0.4, -0.2) is 31.2 Å². The number of carbonyl (C=O) groups excluding carboxylic acids is 1. The summed E-state index contributed by atoms with van der Waals surface area (Å²) < 4.78 is 16.2. The van der Waals surface area contributed by atoms with Crippen molar-refractivity contribution in [3.05, 3.63) is 70.2 Å². The maximum atomic E-state index is 12.1. The van der Waals surface area contributed by atoms with Crippen molar-refractivity contribution in [2.75, 3.05) is 20.3 Å². The first-order chi connectivity index (χ1) is 14.5. The number of aryl methyl sites for hydroxylation is 1. The number of nitrogens with zero attached hydrogens (tertiary/aromatic N) is 1. The van der Waals surface area contributed by atoms with E-state index < -0.39 is 0 Å². The number of aromatic nitrogens is 1. The fourth-order valence-corrected chi connectivity index (χ4v) is 3.20. The van der Waals surface area contributed by atoms with Crippen molar-refractivity contribution >= 4 is 29.1 Å². The smallest absolute Gasteiger partial charge is 0.220 e. The van der Waals surface area contributed by atoms with Crippen molar-refractivity contribution in [3.8, 4) is 17.1 Å². The minimum atomic E-state index is -0.0836. The highest BCUT2D eigenvalue weighted by molar-refractivity contribution is 6.36. The molecule has 8 heteroatoms. The second-order valence-electron chi connectivity index (χ2n) is 6.50. The molecule has 158 valence electrons. The van der Waals surface area contributed by atoms with Crippen molar-refractivity contribution < 1.29 is 18.7 Å². The molecule has 2 aromatic carbocycles. The zero-order valence-electron chi connectivity index (χ0n) is 16.5. The molecular formula is C22H22Cl2N2O4. The Morgan fingerprint density at radius 3 is 2.67 bits per heavy atom. The molecule has 0 aliphatic carbocycles. The highest BCUT2D eigenvalue weighted by Gasteiger charge is 2.12. The van der Waals surface area contributed by atoms with E-state index in [4.69, 9.17) is 37.1 Å². The minimum Gasteiger partial charge on any atom is -0.491 e. The third-order valence-corrected chi connectivity index (χ3v) is 4.83.